The minimum absolute atomic E-state index is 0.0291. The molecule has 2 heterocycles. The van der Waals surface area contributed by atoms with E-state index in [2.05, 4.69) is 10.2 Å². The predicted octanol–water partition coefficient (Wildman–Crippen LogP) is 1.08. The van der Waals surface area contributed by atoms with Crippen molar-refractivity contribution in [2.24, 2.45) is 0 Å². The Hall–Kier alpha value is -1.42. The first-order valence-corrected chi connectivity index (χ1v) is 7.82. The standard InChI is InChI=1S/C11H16N4O2S/c12-7-3-5-9-18(16,17)11-14-13-10-6-2-1-4-8-15(10)11/h1-6,8-9H2. The topological polar surface area (TPSA) is 88.6 Å². The van der Waals surface area contributed by atoms with Gasteiger partial charge in [0.15, 0.2) is 0 Å². The first-order valence-electron chi connectivity index (χ1n) is 6.17. The number of nitrogens with zero attached hydrogens (tertiary/aromatic N) is 4. The lowest BCUT2D eigenvalue weighted by molar-refractivity contribution is 0.546. The van der Waals surface area contributed by atoms with Crippen molar-refractivity contribution in [3.8, 4) is 6.07 Å². The molecule has 0 aliphatic carbocycles. The highest BCUT2D eigenvalue weighted by Crippen LogP contribution is 2.18. The van der Waals surface area contributed by atoms with Crippen LogP contribution in [0.1, 0.15) is 37.9 Å². The van der Waals surface area contributed by atoms with Gasteiger partial charge in [-0.25, -0.2) is 8.42 Å². The van der Waals surface area contributed by atoms with E-state index < -0.39 is 9.84 Å². The van der Waals surface area contributed by atoms with E-state index in [-0.39, 0.29) is 17.3 Å². The van der Waals surface area contributed by atoms with Crippen molar-refractivity contribution >= 4 is 9.84 Å². The molecule has 0 radical (unpaired) electrons. The number of aromatic nitrogens is 3. The molecule has 0 bridgehead atoms. The van der Waals surface area contributed by atoms with Gasteiger partial charge in [-0.3, -0.25) is 0 Å². The van der Waals surface area contributed by atoms with Crippen molar-refractivity contribution in [2.45, 2.75) is 50.2 Å². The molecule has 1 aromatic heterocycles. The average molecular weight is 268 g/mol. The number of nitriles is 1. The molecule has 1 aliphatic heterocycles. The molecule has 0 spiro atoms. The summed E-state index contributed by atoms with van der Waals surface area (Å²) in [4.78, 5) is 0. The highest BCUT2D eigenvalue weighted by Gasteiger charge is 2.24. The zero-order valence-corrected chi connectivity index (χ0v) is 11.0. The van der Waals surface area contributed by atoms with Crippen molar-refractivity contribution in [2.75, 3.05) is 5.75 Å². The molecule has 0 fully saturated rings. The normalized spacial score (nSPS) is 15.7. The summed E-state index contributed by atoms with van der Waals surface area (Å²) in [7, 11) is -3.41. The fourth-order valence-electron chi connectivity index (χ4n) is 2.12. The van der Waals surface area contributed by atoms with Crippen molar-refractivity contribution in [3.63, 3.8) is 0 Å². The van der Waals surface area contributed by atoms with Crippen LogP contribution in [0.25, 0.3) is 0 Å². The summed E-state index contributed by atoms with van der Waals surface area (Å²) in [6.07, 6.45) is 4.48. The van der Waals surface area contributed by atoms with Crippen LogP contribution < -0.4 is 0 Å². The van der Waals surface area contributed by atoms with E-state index in [9.17, 15) is 8.42 Å². The monoisotopic (exact) mass is 268 g/mol. The Morgan fingerprint density at radius 3 is 2.89 bits per heavy atom. The number of fused-ring (bicyclic) bond motifs is 1. The highest BCUT2D eigenvalue weighted by atomic mass is 32.2. The third kappa shape index (κ3) is 2.70. The van der Waals surface area contributed by atoms with E-state index in [0.717, 1.165) is 31.5 Å². The van der Waals surface area contributed by atoms with Gasteiger partial charge >= 0.3 is 0 Å². The lowest BCUT2D eigenvalue weighted by Crippen LogP contribution is -2.15. The van der Waals surface area contributed by atoms with Crippen molar-refractivity contribution in [1.29, 1.82) is 5.26 Å². The van der Waals surface area contributed by atoms with Crippen LogP contribution in [0.15, 0.2) is 5.16 Å². The molecular formula is C11H16N4O2S. The highest BCUT2D eigenvalue weighted by molar-refractivity contribution is 7.91. The summed E-state index contributed by atoms with van der Waals surface area (Å²) in [6, 6.07) is 1.95. The molecule has 1 aromatic rings. The number of hydrogen-bond donors (Lipinski definition) is 0. The van der Waals surface area contributed by atoms with Gasteiger partial charge in [-0.15, -0.1) is 10.2 Å². The maximum atomic E-state index is 12.1. The van der Waals surface area contributed by atoms with Gasteiger partial charge in [0.05, 0.1) is 11.8 Å². The molecule has 18 heavy (non-hydrogen) atoms. The average Bonchev–Trinajstić information content (AvgIpc) is 2.61. The van der Waals surface area contributed by atoms with Gasteiger partial charge in [-0.2, -0.15) is 5.26 Å². The van der Waals surface area contributed by atoms with Crippen LogP contribution in [0.3, 0.4) is 0 Å². The second-order valence-corrected chi connectivity index (χ2v) is 6.44. The van der Waals surface area contributed by atoms with Crippen LogP contribution in [-0.4, -0.2) is 28.9 Å². The number of aryl methyl sites for hydroxylation is 1. The van der Waals surface area contributed by atoms with Gasteiger partial charge in [0, 0.05) is 19.4 Å². The fraction of sp³-hybridized carbons (Fsp3) is 0.727. The Morgan fingerprint density at radius 2 is 2.11 bits per heavy atom. The fourth-order valence-corrected chi connectivity index (χ4v) is 3.53. The van der Waals surface area contributed by atoms with Gasteiger partial charge in [0.2, 0.25) is 15.0 Å². The summed E-state index contributed by atoms with van der Waals surface area (Å²) in [5.74, 6) is 0.741. The van der Waals surface area contributed by atoms with Crippen LogP contribution in [0.5, 0.6) is 0 Å². The summed E-state index contributed by atoms with van der Waals surface area (Å²) in [5.41, 5.74) is 0. The Bertz CT molecular complexity index is 556. The Labute approximate surface area is 107 Å². The number of sulfone groups is 1. The molecule has 0 N–H and O–H groups in total. The van der Waals surface area contributed by atoms with E-state index in [0.29, 0.717) is 13.0 Å². The largest absolute Gasteiger partial charge is 0.302 e. The van der Waals surface area contributed by atoms with E-state index in [1.165, 1.54) is 0 Å². The molecule has 0 atom stereocenters. The molecule has 0 saturated heterocycles. The molecule has 98 valence electrons. The molecule has 1 aliphatic rings. The van der Waals surface area contributed by atoms with Crippen molar-refractivity contribution in [3.05, 3.63) is 5.82 Å². The third-order valence-corrected chi connectivity index (χ3v) is 4.74. The molecule has 0 aromatic carbocycles. The van der Waals surface area contributed by atoms with Gasteiger partial charge in [-0.05, 0) is 19.3 Å². The zero-order valence-electron chi connectivity index (χ0n) is 10.2. The second kappa shape index (κ2) is 5.48. The molecule has 7 heteroatoms. The molecule has 0 unspecified atom stereocenters. The lowest BCUT2D eigenvalue weighted by atomic mass is 10.2. The van der Waals surface area contributed by atoms with Crippen molar-refractivity contribution in [1.82, 2.24) is 14.8 Å². The maximum Gasteiger partial charge on any atom is 0.249 e. The van der Waals surface area contributed by atoms with Crippen LogP contribution in [0.2, 0.25) is 0 Å². The quantitative estimate of drug-likeness (QED) is 0.762. The van der Waals surface area contributed by atoms with Crippen molar-refractivity contribution < 1.29 is 8.42 Å². The van der Waals surface area contributed by atoms with E-state index in [4.69, 9.17) is 5.26 Å². The molecule has 6 nitrogen and oxygen atoms in total. The SMILES string of the molecule is N#CCCCS(=O)(=O)c1nnc2n1CCCCC2. The van der Waals surface area contributed by atoms with Gasteiger partial charge < -0.3 is 4.57 Å². The maximum absolute atomic E-state index is 12.1. The summed E-state index contributed by atoms with van der Waals surface area (Å²) >= 11 is 0. The van der Waals surface area contributed by atoms with Gasteiger partial charge in [-0.1, -0.05) is 6.42 Å². The van der Waals surface area contributed by atoms with Crippen LogP contribution in [0, 0.1) is 11.3 Å². The molecule has 0 amide bonds. The first-order chi connectivity index (χ1) is 8.65. The Kier molecular flexibility index (Phi) is 3.97. The molecular weight excluding hydrogens is 252 g/mol. The number of unbranched alkanes of at least 4 members (excludes halogenated alkanes) is 1. The minimum Gasteiger partial charge on any atom is -0.302 e. The Morgan fingerprint density at radius 1 is 1.28 bits per heavy atom. The van der Waals surface area contributed by atoms with E-state index in [1.807, 2.05) is 6.07 Å². The van der Waals surface area contributed by atoms with Crippen LogP contribution in [0.4, 0.5) is 0 Å². The molecule has 0 saturated carbocycles. The number of hydrogen-bond acceptors (Lipinski definition) is 5. The van der Waals surface area contributed by atoms with E-state index >= 15 is 0 Å². The van der Waals surface area contributed by atoms with Crippen LogP contribution in [-0.2, 0) is 22.8 Å². The smallest absolute Gasteiger partial charge is 0.249 e. The molecule has 2 rings (SSSR count). The summed E-state index contributed by atoms with van der Waals surface area (Å²) < 4.78 is 26.0. The number of rotatable bonds is 4. The van der Waals surface area contributed by atoms with Gasteiger partial charge in [0.1, 0.15) is 5.82 Å². The minimum atomic E-state index is -3.41. The summed E-state index contributed by atoms with van der Waals surface area (Å²) in [5, 5.41) is 16.3. The third-order valence-electron chi connectivity index (χ3n) is 3.06. The van der Waals surface area contributed by atoms with E-state index in [1.54, 1.807) is 4.57 Å². The van der Waals surface area contributed by atoms with Crippen LogP contribution >= 0.6 is 0 Å². The zero-order chi connectivity index (χ0) is 13.0. The first kappa shape index (κ1) is 13.0. The second-order valence-electron chi connectivity index (χ2n) is 4.44. The van der Waals surface area contributed by atoms with Gasteiger partial charge in [0.25, 0.3) is 0 Å². The predicted molar refractivity (Wildman–Crippen MR) is 64.5 cm³/mol. The Balaban J connectivity index is 2.23. The summed E-state index contributed by atoms with van der Waals surface area (Å²) in [6.45, 7) is 0.676. The lowest BCUT2D eigenvalue weighted by Gasteiger charge is -2.06.